The number of rotatable bonds is 11. The first kappa shape index (κ1) is 23.0. The van der Waals surface area contributed by atoms with E-state index in [4.69, 9.17) is 4.21 Å². The molecule has 0 aromatic rings. The first-order chi connectivity index (χ1) is 9.88. The van der Waals surface area contributed by atoms with Crippen molar-refractivity contribution in [3.63, 3.8) is 0 Å². The van der Waals surface area contributed by atoms with Gasteiger partial charge in [-0.2, -0.15) is 0 Å². The van der Waals surface area contributed by atoms with Crippen molar-refractivity contribution >= 4 is 33.1 Å². The molecule has 0 amide bonds. The Morgan fingerprint density at radius 3 is 1.50 bits per heavy atom. The molecule has 0 saturated heterocycles. The lowest BCUT2D eigenvalue weighted by atomic mass is 10.5. The summed E-state index contributed by atoms with van der Waals surface area (Å²) in [5.74, 6) is 0. The maximum atomic E-state index is 9.48. The second kappa shape index (κ2) is 9.45. The summed E-state index contributed by atoms with van der Waals surface area (Å²) >= 11 is 0. The zero-order valence-electron chi connectivity index (χ0n) is 16.1. The molecule has 0 aromatic heterocycles. The van der Waals surface area contributed by atoms with Crippen LogP contribution in [0.5, 0.6) is 0 Å². The third-order valence-electron chi connectivity index (χ3n) is 4.67. The van der Waals surface area contributed by atoms with Gasteiger partial charge in [-0.3, -0.25) is 0 Å². The van der Waals surface area contributed by atoms with E-state index in [0.29, 0.717) is 0 Å². The van der Waals surface area contributed by atoms with Crippen LogP contribution in [0.4, 0.5) is 0 Å². The van der Waals surface area contributed by atoms with Gasteiger partial charge in [0, 0.05) is 16.1 Å². The van der Waals surface area contributed by atoms with E-state index in [-0.39, 0.29) is 0 Å². The summed E-state index contributed by atoms with van der Waals surface area (Å²) in [6, 6.07) is 3.23. The maximum Gasteiger partial charge on any atom is 0.316 e. The Balaban J connectivity index is 5.19. The predicted octanol–water partition coefficient (Wildman–Crippen LogP) is 5.96. The molecular formula is C15H39O3PSi3. The third kappa shape index (κ3) is 8.18. The standard InChI is InChI=1S/C15H39O3PSi3/c1-9-12-22(13-10-2,18-19(16)17)14-11-15(20(3,4)5)21(6,7)8/h15-17H,9-14H2,1-8H3. The van der Waals surface area contributed by atoms with Crippen molar-refractivity contribution in [2.75, 3.05) is 0 Å². The molecule has 0 aliphatic heterocycles. The zero-order chi connectivity index (χ0) is 17.6. The number of hydrogen-bond acceptors (Lipinski definition) is 3. The van der Waals surface area contributed by atoms with Gasteiger partial charge < -0.3 is 14.0 Å². The molecule has 0 rings (SSSR count). The van der Waals surface area contributed by atoms with E-state index in [1.807, 2.05) is 0 Å². The highest BCUT2D eigenvalue weighted by Crippen LogP contribution is 2.43. The molecule has 0 fully saturated rings. The van der Waals surface area contributed by atoms with Crippen molar-refractivity contribution in [3.05, 3.63) is 0 Å². The van der Waals surface area contributed by atoms with E-state index < -0.39 is 33.1 Å². The molecule has 0 aromatic carbocycles. The van der Waals surface area contributed by atoms with E-state index in [0.717, 1.165) is 36.1 Å². The summed E-state index contributed by atoms with van der Waals surface area (Å²) in [7, 11) is -6.62. The van der Waals surface area contributed by atoms with Crippen molar-refractivity contribution in [1.29, 1.82) is 0 Å². The highest BCUT2D eigenvalue weighted by Gasteiger charge is 2.42. The Morgan fingerprint density at radius 1 is 0.818 bits per heavy atom. The van der Waals surface area contributed by atoms with Crippen LogP contribution in [0.25, 0.3) is 0 Å². The second-order valence-electron chi connectivity index (χ2n) is 8.85. The molecule has 0 bridgehead atoms. The summed E-state index contributed by atoms with van der Waals surface area (Å²) in [5, 5.41) is 0.868. The molecule has 0 atom stereocenters. The van der Waals surface area contributed by atoms with Crippen molar-refractivity contribution in [2.45, 2.75) is 95.7 Å². The van der Waals surface area contributed by atoms with Crippen LogP contribution in [-0.2, 0) is 4.21 Å². The molecule has 0 spiro atoms. The first-order valence-electron chi connectivity index (χ1n) is 8.75. The van der Waals surface area contributed by atoms with E-state index in [1.165, 1.54) is 6.42 Å². The average Bonchev–Trinajstić information content (AvgIpc) is 2.24. The molecular weight excluding hydrogens is 343 g/mol. The van der Waals surface area contributed by atoms with Crippen LogP contribution >= 0.6 is 8.60 Å². The van der Waals surface area contributed by atoms with Crippen LogP contribution in [0.2, 0.25) is 62.6 Å². The molecule has 0 aliphatic rings. The minimum atomic E-state index is -2.21. The Kier molecular flexibility index (Phi) is 9.86. The Morgan fingerprint density at radius 2 is 1.23 bits per heavy atom. The molecule has 0 heterocycles. The lowest BCUT2D eigenvalue weighted by Gasteiger charge is -2.41. The molecule has 0 aliphatic carbocycles. The molecule has 0 unspecified atom stereocenters. The summed E-state index contributed by atoms with van der Waals surface area (Å²) in [6.45, 7) is 19.3. The first-order valence-corrected chi connectivity index (χ1v) is 19.6. The van der Waals surface area contributed by atoms with Gasteiger partial charge in [-0.15, -0.1) is 0 Å². The van der Waals surface area contributed by atoms with E-state index in [2.05, 4.69) is 53.1 Å². The summed E-state index contributed by atoms with van der Waals surface area (Å²) in [6.07, 6.45) is 3.40. The number of hydrogen-bond donors (Lipinski definition) is 2. The van der Waals surface area contributed by atoms with Gasteiger partial charge in [-0.1, -0.05) is 77.6 Å². The normalized spacial score (nSPS) is 14.2. The Labute approximate surface area is 143 Å². The summed E-state index contributed by atoms with van der Waals surface area (Å²) in [4.78, 5) is 19.0. The SMILES string of the molecule is CCC[Si](CCC)(CCC([Si](C)(C)C)[Si](C)(C)C)OP(O)O. The molecule has 22 heavy (non-hydrogen) atoms. The highest BCUT2D eigenvalue weighted by molar-refractivity contribution is 7.41. The predicted molar refractivity (Wildman–Crippen MR) is 108 cm³/mol. The second-order valence-corrected chi connectivity index (χ2v) is 25.4. The van der Waals surface area contributed by atoms with Crippen molar-refractivity contribution in [2.24, 2.45) is 0 Å². The minimum Gasteiger partial charge on any atom is -0.354 e. The van der Waals surface area contributed by atoms with Crippen molar-refractivity contribution in [3.8, 4) is 0 Å². The lowest BCUT2D eigenvalue weighted by Crippen LogP contribution is -2.45. The Bertz CT molecular complexity index is 294. The van der Waals surface area contributed by atoms with E-state index >= 15 is 0 Å². The molecule has 0 saturated carbocycles. The van der Waals surface area contributed by atoms with Gasteiger partial charge >= 0.3 is 8.60 Å². The van der Waals surface area contributed by atoms with Gasteiger partial charge in [0.2, 0.25) is 8.32 Å². The average molecular weight is 383 g/mol. The van der Waals surface area contributed by atoms with E-state index in [9.17, 15) is 9.79 Å². The minimum absolute atomic E-state index is 0.868. The molecule has 0 radical (unpaired) electrons. The van der Waals surface area contributed by atoms with Crippen LogP contribution in [0.1, 0.15) is 33.1 Å². The monoisotopic (exact) mass is 382 g/mol. The van der Waals surface area contributed by atoms with Crippen LogP contribution < -0.4 is 0 Å². The van der Waals surface area contributed by atoms with Gasteiger partial charge in [0.25, 0.3) is 0 Å². The van der Waals surface area contributed by atoms with Crippen LogP contribution in [0.15, 0.2) is 0 Å². The van der Waals surface area contributed by atoms with Gasteiger partial charge in [-0.25, -0.2) is 0 Å². The maximum absolute atomic E-state index is 9.48. The van der Waals surface area contributed by atoms with Crippen LogP contribution in [-0.4, -0.2) is 34.3 Å². The third-order valence-corrected chi connectivity index (χ3v) is 20.8. The molecule has 134 valence electrons. The van der Waals surface area contributed by atoms with Crippen LogP contribution in [0, 0.1) is 0 Å². The molecule has 2 N–H and O–H groups in total. The van der Waals surface area contributed by atoms with Gasteiger partial charge in [0.1, 0.15) is 0 Å². The summed E-state index contributed by atoms with van der Waals surface area (Å²) < 4.78 is 5.84. The quantitative estimate of drug-likeness (QED) is 0.342. The topological polar surface area (TPSA) is 49.7 Å². The molecule has 3 nitrogen and oxygen atoms in total. The van der Waals surface area contributed by atoms with E-state index in [1.54, 1.807) is 0 Å². The zero-order valence-corrected chi connectivity index (χ0v) is 20.0. The van der Waals surface area contributed by atoms with Gasteiger partial charge in [0.15, 0.2) is 0 Å². The fourth-order valence-corrected chi connectivity index (χ4v) is 23.0. The fraction of sp³-hybridized carbons (Fsp3) is 1.00. The fourth-order valence-electron chi connectivity index (χ4n) is 4.17. The van der Waals surface area contributed by atoms with Gasteiger partial charge in [0.05, 0.1) is 0 Å². The molecule has 7 heteroatoms. The smallest absolute Gasteiger partial charge is 0.316 e. The summed E-state index contributed by atoms with van der Waals surface area (Å²) in [5.41, 5.74) is 0. The largest absolute Gasteiger partial charge is 0.354 e. The van der Waals surface area contributed by atoms with Gasteiger partial charge in [-0.05, 0) is 18.1 Å². The lowest BCUT2D eigenvalue weighted by molar-refractivity contribution is 0.364. The van der Waals surface area contributed by atoms with Crippen molar-refractivity contribution < 1.29 is 14.0 Å². The van der Waals surface area contributed by atoms with Crippen LogP contribution in [0.3, 0.4) is 0 Å². The van der Waals surface area contributed by atoms with Crippen molar-refractivity contribution in [1.82, 2.24) is 0 Å². The Hall–Kier alpha value is 0.961. The highest BCUT2D eigenvalue weighted by atomic mass is 31.2.